The van der Waals surface area contributed by atoms with E-state index in [9.17, 15) is 0 Å². The normalized spacial score (nSPS) is 17.4. The largest absolute Gasteiger partial charge is 0.360 e. The van der Waals surface area contributed by atoms with Crippen LogP contribution in [0.25, 0.3) is 0 Å². The fourth-order valence-electron chi connectivity index (χ4n) is 3.13. The van der Waals surface area contributed by atoms with Gasteiger partial charge in [-0.05, 0) is 46.0 Å². The van der Waals surface area contributed by atoms with E-state index in [4.69, 9.17) is 4.52 Å². The van der Waals surface area contributed by atoms with Crippen molar-refractivity contribution in [3.8, 4) is 0 Å². The maximum atomic E-state index is 5.32. The zero-order chi connectivity index (χ0) is 15.4. The fraction of sp³-hybridized carbons (Fsp3) is 0.625. The molecule has 0 N–H and O–H groups in total. The molecule has 1 aliphatic heterocycles. The van der Waals surface area contributed by atoms with Gasteiger partial charge in [-0.3, -0.25) is 9.58 Å². The highest BCUT2D eigenvalue weighted by Gasteiger charge is 2.23. The Balaban J connectivity index is 1.41. The van der Waals surface area contributed by atoms with Crippen LogP contribution >= 0.6 is 0 Å². The second-order valence-electron chi connectivity index (χ2n) is 6.19. The molecular formula is C16H25N5O. The summed E-state index contributed by atoms with van der Waals surface area (Å²) in [7, 11) is 2.18. The molecule has 6 nitrogen and oxygen atoms in total. The van der Waals surface area contributed by atoms with Crippen LogP contribution in [0.15, 0.2) is 29.0 Å². The number of likely N-dealkylation sites (tertiary alicyclic amines) is 1. The second kappa shape index (κ2) is 7.07. The summed E-state index contributed by atoms with van der Waals surface area (Å²) >= 11 is 0. The van der Waals surface area contributed by atoms with Crippen LogP contribution in [0.5, 0.6) is 0 Å². The van der Waals surface area contributed by atoms with E-state index in [1.54, 1.807) is 0 Å². The molecule has 0 saturated carbocycles. The van der Waals surface area contributed by atoms with Crippen LogP contribution in [0, 0.1) is 6.92 Å². The monoisotopic (exact) mass is 303 g/mol. The second-order valence-corrected chi connectivity index (χ2v) is 6.19. The molecule has 1 saturated heterocycles. The molecule has 120 valence electrons. The van der Waals surface area contributed by atoms with Crippen LogP contribution in [0.4, 0.5) is 0 Å². The van der Waals surface area contributed by atoms with Crippen molar-refractivity contribution in [1.29, 1.82) is 0 Å². The first kappa shape index (κ1) is 15.2. The number of rotatable bonds is 6. The van der Waals surface area contributed by atoms with Crippen molar-refractivity contribution in [3.63, 3.8) is 0 Å². The van der Waals surface area contributed by atoms with E-state index in [1.165, 1.54) is 12.8 Å². The highest BCUT2D eigenvalue weighted by atomic mass is 16.5. The van der Waals surface area contributed by atoms with Crippen LogP contribution in [-0.4, -0.2) is 57.5 Å². The summed E-state index contributed by atoms with van der Waals surface area (Å²) in [6, 6.07) is 4.63. The van der Waals surface area contributed by atoms with E-state index >= 15 is 0 Å². The highest BCUT2D eigenvalue weighted by Crippen LogP contribution is 2.17. The molecule has 22 heavy (non-hydrogen) atoms. The summed E-state index contributed by atoms with van der Waals surface area (Å²) in [5, 5.41) is 8.22. The van der Waals surface area contributed by atoms with Crippen LogP contribution in [0.1, 0.15) is 24.3 Å². The van der Waals surface area contributed by atoms with Crippen LogP contribution in [0.3, 0.4) is 0 Å². The van der Waals surface area contributed by atoms with Gasteiger partial charge in [0.25, 0.3) is 0 Å². The van der Waals surface area contributed by atoms with Crippen molar-refractivity contribution >= 4 is 0 Å². The summed E-state index contributed by atoms with van der Waals surface area (Å²) in [5.41, 5.74) is 0.955. The lowest BCUT2D eigenvalue weighted by Crippen LogP contribution is -2.43. The van der Waals surface area contributed by atoms with Gasteiger partial charge in [-0.1, -0.05) is 5.16 Å². The van der Waals surface area contributed by atoms with Crippen molar-refractivity contribution in [2.45, 2.75) is 38.9 Å². The summed E-state index contributed by atoms with van der Waals surface area (Å²) in [5.74, 6) is 0.959. The van der Waals surface area contributed by atoms with Gasteiger partial charge in [0, 0.05) is 31.0 Å². The third-order valence-corrected chi connectivity index (χ3v) is 4.47. The molecule has 6 heteroatoms. The molecule has 2 aromatic rings. The standard InChI is InChI=1S/C16H25N5O/c1-14-12-16(22-18-14)13-19(2)15-4-8-20(9-5-15)10-11-21-7-3-6-17-21/h3,6-7,12,15H,4-5,8-11,13H2,1-2H3. The molecule has 0 bridgehead atoms. The van der Waals surface area contributed by atoms with Gasteiger partial charge < -0.3 is 9.42 Å². The topological polar surface area (TPSA) is 50.3 Å². The van der Waals surface area contributed by atoms with Crippen molar-refractivity contribution in [1.82, 2.24) is 24.7 Å². The first-order chi connectivity index (χ1) is 10.7. The molecule has 0 amide bonds. The minimum atomic E-state index is 0.631. The molecule has 2 aromatic heterocycles. The Morgan fingerprint density at radius 1 is 1.32 bits per heavy atom. The molecule has 1 fully saturated rings. The summed E-state index contributed by atoms with van der Waals surface area (Å²) in [6.07, 6.45) is 6.29. The number of hydrogen-bond donors (Lipinski definition) is 0. The van der Waals surface area contributed by atoms with Gasteiger partial charge in [0.15, 0.2) is 5.76 Å². The van der Waals surface area contributed by atoms with Crippen LogP contribution in [0.2, 0.25) is 0 Å². The Bertz CT molecular complexity index is 557. The molecule has 0 atom stereocenters. The smallest absolute Gasteiger partial charge is 0.150 e. The van der Waals surface area contributed by atoms with E-state index in [-0.39, 0.29) is 0 Å². The molecule has 3 rings (SSSR count). The first-order valence-electron chi connectivity index (χ1n) is 8.03. The van der Waals surface area contributed by atoms with E-state index in [1.807, 2.05) is 36.1 Å². The zero-order valence-electron chi connectivity index (χ0n) is 13.5. The predicted octanol–water partition coefficient (Wildman–Crippen LogP) is 1.78. The molecule has 0 unspecified atom stereocenters. The number of hydrogen-bond acceptors (Lipinski definition) is 5. The Hall–Kier alpha value is -1.66. The van der Waals surface area contributed by atoms with Gasteiger partial charge in [0.2, 0.25) is 0 Å². The quantitative estimate of drug-likeness (QED) is 0.814. The number of piperidine rings is 1. The molecule has 3 heterocycles. The third-order valence-electron chi connectivity index (χ3n) is 4.47. The maximum absolute atomic E-state index is 5.32. The van der Waals surface area contributed by atoms with Gasteiger partial charge in [-0.25, -0.2) is 0 Å². The predicted molar refractivity (Wildman–Crippen MR) is 84.4 cm³/mol. The Labute approximate surface area is 131 Å². The van der Waals surface area contributed by atoms with Crippen molar-refractivity contribution in [2.24, 2.45) is 0 Å². The van der Waals surface area contributed by atoms with Gasteiger partial charge in [0.1, 0.15) is 0 Å². The van der Waals surface area contributed by atoms with Crippen molar-refractivity contribution in [3.05, 3.63) is 36.0 Å². The van der Waals surface area contributed by atoms with E-state index in [2.05, 4.69) is 27.1 Å². The summed E-state index contributed by atoms with van der Waals surface area (Å²) in [4.78, 5) is 4.93. The van der Waals surface area contributed by atoms with E-state index in [0.29, 0.717) is 6.04 Å². The van der Waals surface area contributed by atoms with Gasteiger partial charge in [-0.15, -0.1) is 0 Å². The Morgan fingerprint density at radius 2 is 2.14 bits per heavy atom. The zero-order valence-corrected chi connectivity index (χ0v) is 13.5. The first-order valence-corrected chi connectivity index (χ1v) is 8.03. The van der Waals surface area contributed by atoms with Crippen LogP contribution in [-0.2, 0) is 13.1 Å². The molecule has 0 radical (unpaired) electrons. The maximum Gasteiger partial charge on any atom is 0.150 e. The van der Waals surface area contributed by atoms with Crippen LogP contribution < -0.4 is 0 Å². The highest BCUT2D eigenvalue weighted by molar-refractivity contribution is 5.03. The Kier molecular flexibility index (Phi) is 4.90. The molecule has 0 aromatic carbocycles. The van der Waals surface area contributed by atoms with Gasteiger partial charge in [0.05, 0.1) is 18.8 Å². The fourth-order valence-corrected chi connectivity index (χ4v) is 3.13. The minimum Gasteiger partial charge on any atom is -0.360 e. The Morgan fingerprint density at radius 3 is 2.77 bits per heavy atom. The lowest BCUT2D eigenvalue weighted by atomic mass is 10.0. The lowest BCUT2D eigenvalue weighted by molar-refractivity contribution is 0.113. The molecular weight excluding hydrogens is 278 g/mol. The number of aryl methyl sites for hydroxylation is 1. The SMILES string of the molecule is Cc1cc(CN(C)C2CCN(CCn3cccn3)CC2)on1. The summed E-state index contributed by atoms with van der Waals surface area (Å²) in [6.45, 7) is 7.19. The van der Waals surface area contributed by atoms with E-state index < -0.39 is 0 Å². The van der Waals surface area contributed by atoms with Crippen molar-refractivity contribution < 1.29 is 4.52 Å². The summed E-state index contributed by atoms with van der Waals surface area (Å²) < 4.78 is 7.32. The number of aromatic nitrogens is 3. The van der Waals surface area contributed by atoms with Gasteiger partial charge in [-0.2, -0.15) is 5.10 Å². The van der Waals surface area contributed by atoms with Crippen molar-refractivity contribution in [2.75, 3.05) is 26.7 Å². The molecule has 0 aliphatic carbocycles. The van der Waals surface area contributed by atoms with E-state index in [0.717, 1.165) is 44.2 Å². The third kappa shape index (κ3) is 3.96. The molecule has 1 aliphatic rings. The molecule has 0 spiro atoms. The minimum absolute atomic E-state index is 0.631. The average Bonchev–Trinajstić information content (AvgIpc) is 3.17. The average molecular weight is 303 g/mol. The lowest BCUT2D eigenvalue weighted by Gasteiger charge is -2.36. The number of nitrogens with zero attached hydrogens (tertiary/aromatic N) is 5. The van der Waals surface area contributed by atoms with Gasteiger partial charge >= 0.3 is 0 Å².